The summed E-state index contributed by atoms with van der Waals surface area (Å²) < 4.78 is 5.90. The molecule has 2 aromatic rings. The Bertz CT molecular complexity index is 969. The summed E-state index contributed by atoms with van der Waals surface area (Å²) in [6, 6.07) is 10.1. The Hall–Kier alpha value is -3.47. The van der Waals surface area contributed by atoms with Gasteiger partial charge in [-0.25, -0.2) is 4.98 Å². The lowest BCUT2D eigenvalue weighted by Gasteiger charge is -2.22. The number of carbonyl (C=O) groups excluding carboxylic acids is 2. The molecule has 0 unspecified atom stereocenters. The summed E-state index contributed by atoms with van der Waals surface area (Å²) in [5.74, 6) is 0.580. The van der Waals surface area contributed by atoms with E-state index in [0.717, 1.165) is 0 Å². The number of nitrogens with zero attached hydrogens (tertiary/aromatic N) is 5. The van der Waals surface area contributed by atoms with Crippen molar-refractivity contribution >= 4 is 11.8 Å². The van der Waals surface area contributed by atoms with Gasteiger partial charge in [-0.3, -0.25) is 9.59 Å². The van der Waals surface area contributed by atoms with Gasteiger partial charge in [0, 0.05) is 43.9 Å². The number of benzene rings is 1. The zero-order chi connectivity index (χ0) is 19.8. The number of likely N-dealkylation sites (N-methyl/N-ethyl adjacent to an activating group) is 1. The summed E-state index contributed by atoms with van der Waals surface area (Å²) in [6.45, 7) is 2.63. The zero-order valence-electron chi connectivity index (χ0n) is 15.6. The quantitative estimate of drug-likeness (QED) is 0.792. The number of fused-ring (bicyclic) bond motifs is 1. The summed E-state index contributed by atoms with van der Waals surface area (Å²) in [5.41, 5.74) is 1.03. The van der Waals surface area contributed by atoms with Crippen molar-refractivity contribution in [3.8, 4) is 11.9 Å². The van der Waals surface area contributed by atoms with Crippen molar-refractivity contribution < 1.29 is 14.3 Å². The van der Waals surface area contributed by atoms with Gasteiger partial charge in [-0.1, -0.05) is 0 Å². The molecule has 142 valence electrons. The molecule has 8 heteroatoms. The molecular weight excluding hydrogens is 358 g/mol. The first-order valence-corrected chi connectivity index (χ1v) is 9.00. The molecule has 0 aliphatic carbocycles. The number of rotatable bonds is 3. The molecule has 28 heavy (non-hydrogen) atoms. The molecule has 1 aromatic carbocycles. The van der Waals surface area contributed by atoms with Gasteiger partial charge < -0.3 is 14.5 Å². The third-order valence-electron chi connectivity index (χ3n) is 5.36. The fourth-order valence-electron chi connectivity index (χ4n) is 3.87. The second-order valence-electron chi connectivity index (χ2n) is 7.06. The minimum atomic E-state index is -0.678. The number of hydrogen-bond donors (Lipinski definition) is 0. The van der Waals surface area contributed by atoms with Gasteiger partial charge in [0.05, 0.1) is 17.7 Å². The molecule has 1 aromatic heterocycles. The smallest absolute Gasteiger partial charge is 0.264 e. The lowest BCUT2D eigenvalue weighted by Crippen LogP contribution is -2.40. The molecule has 0 spiro atoms. The van der Waals surface area contributed by atoms with E-state index in [1.165, 1.54) is 0 Å². The summed E-state index contributed by atoms with van der Waals surface area (Å²) in [6.07, 6.45) is 0.913. The van der Waals surface area contributed by atoms with E-state index in [2.05, 4.69) is 9.97 Å². The average molecular weight is 377 g/mol. The number of aryl methyl sites for hydroxylation is 1. The highest BCUT2D eigenvalue weighted by molar-refractivity contribution is 5.95. The summed E-state index contributed by atoms with van der Waals surface area (Å²) >= 11 is 0. The Morgan fingerprint density at radius 3 is 2.68 bits per heavy atom. The van der Waals surface area contributed by atoms with Crippen LogP contribution in [0.1, 0.15) is 21.7 Å². The van der Waals surface area contributed by atoms with Crippen molar-refractivity contribution in [2.45, 2.75) is 19.1 Å². The molecule has 2 aliphatic rings. The van der Waals surface area contributed by atoms with E-state index in [0.29, 0.717) is 35.9 Å². The van der Waals surface area contributed by atoms with Crippen LogP contribution in [-0.2, 0) is 4.79 Å². The molecule has 8 nitrogen and oxygen atoms in total. The second-order valence-corrected chi connectivity index (χ2v) is 7.06. The van der Waals surface area contributed by atoms with Gasteiger partial charge in [-0.05, 0) is 31.2 Å². The van der Waals surface area contributed by atoms with Crippen molar-refractivity contribution in [2.75, 3.05) is 20.1 Å². The van der Waals surface area contributed by atoms with Crippen LogP contribution in [0.4, 0.5) is 0 Å². The second kappa shape index (κ2) is 6.93. The molecule has 3 atom stereocenters. The Morgan fingerprint density at radius 1 is 1.25 bits per heavy atom. The van der Waals surface area contributed by atoms with Crippen LogP contribution in [0.5, 0.6) is 5.88 Å². The molecule has 2 saturated heterocycles. The Morgan fingerprint density at radius 2 is 2.00 bits per heavy atom. The number of nitriles is 1. The highest BCUT2D eigenvalue weighted by Gasteiger charge is 2.53. The van der Waals surface area contributed by atoms with Crippen LogP contribution in [0, 0.1) is 24.2 Å². The number of carbonyl (C=O) groups is 2. The predicted octanol–water partition coefficient (Wildman–Crippen LogP) is 1.02. The van der Waals surface area contributed by atoms with E-state index in [1.807, 2.05) is 6.07 Å². The fraction of sp³-hybridized carbons (Fsp3) is 0.350. The molecule has 0 saturated carbocycles. The lowest BCUT2D eigenvalue weighted by atomic mass is 10.0. The van der Waals surface area contributed by atoms with Crippen LogP contribution in [0.2, 0.25) is 0 Å². The van der Waals surface area contributed by atoms with Gasteiger partial charge >= 0.3 is 0 Å². The Labute approximate surface area is 162 Å². The molecule has 0 radical (unpaired) electrons. The Kier molecular flexibility index (Phi) is 4.43. The van der Waals surface area contributed by atoms with E-state index in [9.17, 15) is 9.59 Å². The normalized spacial score (nSPS) is 23.5. The molecule has 0 N–H and O–H groups in total. The average Bonchev–Trinajstić information content (AvgIpc) is 3.23. The SMILES string of the molecule is Cc1nccc(O[C@@H]2C(=O)N(C)[C@@H]3CN(C(=O)c4ccc(C#N)cc4)C[C@H]23)n1. The monoisotopic (exact) mass is 377 g/mol. The molecular formula is C20H19N5O3. The van der Waals surface area contributed by atoms with E-state index in [4.69, 9.17) is 10.00 Å². The first-order valence-electron chi connectivity index (χ1n) is 9.00. The molecule has 2 amide bonds. The van der Waals surface area contributed by atoms with Gasteiger partial charge in [-0.2, -0.15) is 10.2 Å². The summed E-state index contributed by atoms with van der Waals surface area (Å²) in [5, 5.41) is 8.90. The Balaban J connectivity index is 1.52. The standard InChI is InChI=1S/C20H19N5O3/c1-12-22-8-7-17(23-12)28-18-15-10-25(11-16(15)24(2)20(18)27)19(26)14-5-3-13(9-21)4-6-14/h3-8,15-16,18H,10-11H2,1-2H3/t15-,16+,18-/m0/s1. The molecule has 3 heterocycles. The molecule has 2 aliphatic heterocycles. The summed E-state index contributed by atoms with van der Waals surface area (Å²) in [4.78, 5) is 37.2. The van der Waals surface area contributed by atoms with E-state index in [1.54, 1.807) is 60.3 Å². The lowest BCUT2D eigenvalue weighted by molar-refractivity contribution is -0.134. The minimum absolute atomic E-state index is 0.0947. The van der Waals surface area contributed by atoms with Gasteiger partial charge in [0.25, 0.3) is 11.8 Å². The third-order valence-corrected chi connectivity index (χ3v) is 5.36. The van der Waals surface area contributed by atoms with Crippen LogP contribution >= 0.6 is 0 Å². The fourth-order valence-corrected chi connectivity index (χ4v) is 3.87. The summed E-state index contributed by atoms with van der Waals surface area (Å²) in [7, 11) is 1.74. The van der Waals surface area contributed by atoms with Gasteiger partial charge in [-0.15, -0.1) is 0 Å². The number of aromatic nitrogens is 2. The number of amides is 2. The number of ether oxygens (including phenoxy) is 1. The maximum Gasteiger partial charge on any atom is 0.264 e. The van der Waals surface area contributed by atoms with E-state index >= 15 is 0 Å². The van der Waals surface area contributed by atoms with Crippen molar-refractivity contribution in [1.29, 1.82) is 5.26 Å². The van der Waals surface area contributed by atoms with Crippen LogP contribution in [0.3, 0.4) is 0 Å². The van der Waals surface area contributed by atoms with Gasteiger partial charge in [0.2, 0.25) is 5.88 Å². The molecule has 2 fully saturated rings. The van der Waals surface area contributed by atoms with Crippen LogP contribution in [-0.4, -0.2) is 63.9 Å². The molecule has 0 bridgehead atoms. The van der Waals surface area contributed by atoms with Crippen molar-refractivity contribution in [3.05, 3.63) is 53.5 Å². The largest absolute Gasteiger partial charge is 0.464 e. The van der Waals surface area contributed by atoms with Crippen molar-refractivity contribution in [3.63, 3.8) is 0 Å². The van der Waals surface area contributed by atoms with Crippen molar-refractivity contribution in [1.82, 2.24) is 19.8 Å². The number of hydrogen-bond acceptors (Lipinski definition) is 6. The predicted molar refractivity (Wildman–Crippen MR) is 98.3 cm³/mol. The van der Waals surface area contributed by atoms with E-state index in [-0.39, 0.29) is 23.8 Å². The third kappa shape index (κ3) is 3.05. The van der Waals surface area contributed by atoms with E-state index < -0.39 is 6.10 Å². The minimum Gasteiger partial charge on any atom is -0.464 e. The molecule has 4 rings (SSSR count). The first kappa shape index (κ1) is 17.9. The number of likely N-dealkylation sites (tertiary alicyclic amines) is 2. The zero-order valence-corrected chi connectivity index (χ0v) is 15.6. The maximum absolute atomic E-state index is 12.9. The maximum atomic E-state index is 12.9. The first-order chi connectivity index (χ1) is 13.5. The van der Waals surface area contributed by atoms with Crippen LogP contribution in [0.25, 0.3) is 0 Å². The highest BCUT2D eigenvalue weighted by Crippen LogP contribution is 2.34. The van der Waals surface area contributed by atoms with Crippen molar-refractivity contribution in [2.24, 2.45) is 5.92 Å². The van der Waals surface area contributed by atoms with Gasteiger partial charge in [0.15, 0.2) is 6.10 Å². The van der Waals surface area contributed by atoms with Crippen LogP contribution < -0.4 is 4.74 Å². The van der Waals surface area contributed by atoms with Gasteiger partial charge in [0.1, 0.15) is 5.82 Å². The van der Waals surface area contributed by atoms with Crippen LogP contribution in [0.15, 0.2) is 36.5 Å². The topological polar surface area (TPSA) is 99.4 Å². The highest BCUT2D eigenvalue weighted by atomic mass is 16.5.